The average molecular weight is 282 g/mol. The van der Waals surface area contributed by atoms with E-state index in [1.165, 1.54) is 41.5 Å². The van der Waals surface area contributed by atoms with Gasteiger partial charge in [-0.3, -0.25) is 0 Å². The molecule has 0 fully saturated rings. The lowest BCUT2D eigenvalue weighted by Crippen LogP contribution is -2.13. The fraction of sp³-hybridized carbons (Fsp3) is 0.400. The van der Waals surface area contributed by atoms with Crippen molar-refractivity contribution < 1.29 is 4.39 Å². The molecule has 0 heterocycles. The molecular formula is C20H23F. The van der Waals surface area contributed by atoms with E-state index in [1.807, 2.05) is 6.07 Å². The fourth-order valence-electron chi connectivity index (χ4n) is 3.35. The Hall–Kier alpha value is -1.63. The van der Waals surface area contributed by atoms with Gasteiger partial charge >= 0.3 is 0 Å². The fourth-order valence-corrected chi connectivity index (χ4v) is 3.35. The number of halogens is 1. The smallest absolute Gasteiger partial charge is 0.123 e. The zero-order valence-electron chi connectivity index (χ0n) is 12.7. The van der Waals surface area contributed by atoms with Crippen molar-refractivity contribution in [2.45, 2.75) is 51.4 Å². The van der Waals surface area contributed by atoms with Gasteiger partial charge in [0.05, 0.1) is 0 Å². The Bertz CT molecular complexity index is 598. The highest BCUT2D eigenvalue weighted by molar-refractivity contribution is 5.35. The Balaban J connectivity index is 1.72. The van der Waals surface area contributed by atoms with Gasteiger partial charge in [-0.15, -0.1) is 0 Å². The van der Waals surface area contributed by atoms with Gasteiger partial charge in [-0.1, -0.05) is 43.7 Å². The van der Waals surface area contributed by atoms with E-state index in [-0.39, 0.29) is 5.82 Å². The highest BCUT2D eigenvalue weighted by Crippen LogP contribution is 2.33. The van der Waals surface area contributed by atoms with E-state index in [0.29, 0.717) is 5.92 Å². The van der Waals surface area contributed by atoms with E-state index >= 15 is 0 Å². The first kappa shape index (κ1) is 14.3. The van der Waals surface area contributed by atoms with E-state index in [4.69, 9.17) is 0 Å². The quantitative estimate of drug-likeness (QED) is 0.700. The van der Waals surface area contributed by atoms with Crippen LogP contribution in [0.5, 0.6) is 0 Å². The van der Waals surface area contributed by atoms with E-state index in [0.717, 1.165) is 19.3 Å². The summed E-state index contributed by atoms with van der Waals surface area (Å²) in [5.74, 6) is 0.482. The van der Waals surface area contributed by atoms with Gasteiger partial charge in [-0.05, 0) is 72.4 Å². The number of aryl methyl sites for hydroxylation is 2. The molecule has 0 radical (unpaired) electrons. The Morgan fingerprint density at radius 3 is 2.62 bits per heavy atom. The Morgan fingerprint density at radius 1 is 1.05 bits per heavy atom. The molecule has 0 saturated heterocycles. The van der Waals surface area contributed by atoms with Gasteiger partial charge in [-0.2, -0.15) is 0 Å². The summed E-state index contributed by atoms with van der Waals surface area (Å²) in [5.41, 5.74) is 5.40. The van der Waals surface area contributed by atoms with Crippen LogP contribution in [-0.4, -0.2) is 0 Å². The Morgan fingerprint density at radius 2 is 1.86 bits per heavy atom. The molecule has 21 heavy (non-hydrogen) atoms. The standard InChI is InChI=1S/C20H23F/c1-2-3-4-15-5-7-16(8-6-15)17-9-10-19-14-20(21)12-11-18(19)13-17/h5-8,11-12,14,17H,2-4,9-10,13H2,1H3. The molecule has 0 aromatic heterocycles. The summed E-state index contributed by atoms with van der Waals surface area (Å²) in [6.45, 7) is 2.23. The third kappa shape index (κ3) is 3.34. The Labute approximate surface area is 127 Å². The van der Waals surface area contributed by atoms with E-state index < -0.39 is 0 Å². The monoisotopic (exact) mass is 282 g/mol. The number of unbranched alkanes of at least 4 members (excludes halogenated alkanes) is 1. The Kier molecular flexibility index (Phi) is 4.38. The zero-order chi connectivity index (χ0) is 14.7. The number of benzene rings is 2. The molecule has 110 valence electrons. The summed E-state index contributed by atoms with van der Waals surface area (Å²) in [6.07, 6.45) is 6.87. The first-order valence-electron chi connectivity index (χ1n) is 8.12. The molecule has 0 saturated carbocycles. The maximum atomic E-state index is 13.3. The molecule has 1 unspecified atom stereocenters. The van der Waals surface area contributed by atoms with Crippen molar-refractivity contribution in [2.24, 2.45) is 0 Å². The van der Waals surface area contributed by atoms with Crippen LogP contribution in [-0.2, 0) is 19.3 Å². The molecule has 1 atom stereocenters. The molecule has 1 aliphatic carbocycles. The van der Waals surface area contributed by atoms with Crippen molar-refractivity contribution in [3.63, 3.8) is 0 Å². The van der Waals surface area contributed by atoms with Gasteiger partial charge in [0, 0.05) is 0 Å². The zero-order valence-corrected chi connectivity index (χ0v) is 12.7. The van der Waals surface area contributed by atoms with Gasteiger partial charge in [0.2, 0.25) is 0 Å². The molecular weight excluding hydrogens is 259 g/mol. The normalized spacial score (nSPS) is 17.5. The average Bonchev–Trinajstić information content (AvgIpc) is 2.53. The molecule has 1 aliphatic rings. The van der Waals surface area contributed by atoms with Crippen molar-refractivity contribution in [1.29, 1.82) is 0 Å². The number of hydrogen-bond donors (Lipinski definition) is 0. The molecule has 0 aliphatic heterocycles. The van der Waals surface area contributed by atoms with Crippen LogP contribution in [0.25, 0.3) is 0 Å². The lowest BCUT2D eigenvalue weighted by Gasteiger charge is -2.25. The second-order valence-corrected chi connectivity index (χ2v) is 6.20. The SMILES string of the molecule is CCCCc1ccc(C2CCc3cc(F)ccc3C2)cc1. The largest absolute Gasteiger partial charge is 0.207 e. The van der Waals surface area contributed by atoms with Crippen LogP contribution in [0.2, 0.25) is 0 Å². The second-order valence-electron chi connectivity index (χ2n) is 6.20. The summed E-state index contributed by atoms with van der Waals surface area (Å²) in [5, 5.41) is 0. The molecule has 3 rings (SSSR count). The first-order chi connectivity index (χ1) is 10.3. The first-order valence-corrected chi connectivity index (χ1v) is 8.12. The van der Waals surface area contributed by atoms with Crippen molar-refractivity contribution in [3.8, 4) is 0 Å². The second kappa shape index (κ2) is 6.43. The predicted molar refractivity (Wildman–Crippen MR) is 86.2 cm³/mol. The molecule has 0 N–H and O–H groups in total. The molecule has 1 heteroatoms. The summed E-state index contributed by atoms with van der Waals surface area (Å²) >= 11 is 0. The minimum atomic E-state index is -0.104. The van der Waals surface area contributed by atoms with E-state index in [1.54, 1.807) is 12.1 Å². The van der Waals surface area contributed by atoms with Gasteiger partial charge in [0.15, 0.2) is 0 Å². The van der Waals surface area contributed by atoms with Crippen LogP contribution in [0.15, 0.2) is 42.5 Å². The van der Waals surface area contributed by atoms with Crippen molar-refractivity contribution >= 4 is 0 Å². The molecule has 0 bridgehead atoms. The molecule has 0 spiro atoms. The van der Waals surface area contributed by atoms with Crippen molar-refractivity contribution in [1.82, 2.24) is 0 Å². The summed E-state index contributed by atoms with van der Waals surface area (Å²) < 4.78 is 13.3. The molecule has 2 aromatic carbocycles. The highest BCUT2D eigenvalue weighted by Gasteiger charge is 2.20. The highest BCUT2D eigenvalue weighted by atomic mass is 19.1. The van der Waals surface area contributed by atoms with Crippen LogP contribution < -0.4 is 0 Å². The number of rotatable bonds is 4. The van der Waals surface area contributed by atoms with Crippen LogP contribution in [0.3, 0.4) is 0 Å². The maximum Gasteiger partial charge on any atom is 0.123 e. The van der Waals surface area contributed by atoms with Gasteiger partial charge in [0.25, 0.3) is 0 Å². The van der Waals surface area contributed by atoms with Crippen molar-refractivity contribution in [3.05, 3.63) is 70.5 Å². The molecule has 2 aromatic rings. The van der Waals surface area contributed by atoms with Crippen molar-refractivity contribution in [2.75, 3.05) is 0 Å². The molecule has 0 amide bonds. The number of fused-ring (bicyclic) bond motifs is 1. The van der Waals surface area contributed by atoms with Gasteiger partial charge in [-0.25, -0.2) is 4.39 Å². The minimum Gasteiger partial charge on any atom is -0.207 e. The third-order valence-corrected chi connectivity index (χ3v) is 4.67. The lowest BCUT2D eigenvalue weighted by atomic mass is 9.80. The van der Waals surface area contributed by atoms with Crippen LogP contribution in [0, 0.1) is 5.82 Å². The topological polar surface area (TPSA) is 0 Å². The maximum absolute atomic E-state index is 13.3. The summed E-state index contributed by atoms with van der Waals surface area (Å²) in [7, 11) is 0. The molecule has 0 nitrogen and oxygen atoms in total. The van der Waals surface area contributed by atoms with E-state index in [2.05, 4.69) is 31.2 Å². The van der Waals surface area contributed by atoms with Crippen LogP contribution in [0.1, 0.15) is 54.4 Å². The summed E-state index contributed by atoms with van der Waals surface area (Å²) in [4.78, 5) is 0. The van der Waals surface area contributed by atoms with Crippen LogP contribution >= 0.6 is 0 Å². The van der Waals surface area contributed by atoms with E-state index in [9.17, 15) is 4.39 Å². The summed E-state index contributed by atoms with van der Waals surface area (Å²) in [6, 6.07) is 14.4. The third-order valence-electron chi connectivity index (χ3n) is 4.67. The van der Waals surface area contributed by atoms with Gasteiger partial charge < -0.3 is 0 Å². The lowest BCUT2D eigenvalue weighted by molar-refractivity contribution is 0.572. The van der Waals surface area contributed by atoms with Gasteiger partial charge in [0.1, 0.15) is 5.82 Å². The van der Waals surface area contributed by atoms with Crippen LogP contribution in [0.4, 0.5) is 4.39 Å². The number of hydrogen-bond acceptors (Lipinski definition) is 0. The predicted octanol–water partition coefficient (Wildman–Crippen LogP) is 5.44. The minimum absolute atomic E-state index is 0.104.